The molecule has 0 spiro atoms. The fraction of sp³-hybridized carbons (Fsp3) is 0.500. The molecule has 0 bridgehead atoms. The number of hydrogen-bond donors (Lipinski definition) is 1. The van der Waals surface area contributed by atoms with Gasteiger partial charge in [-0.1, -0.05) is 5.16 Å². The molecule has 0 atom stereocenters. The highest BCUT2D eigenvalue weighted by Crippen LogP contribution is 2.21. The van der Waals surface area contributed by atoms with E-state index in [1.54, 1.807) is 11.7 Å². The van der Waals surface area contributed by atoms with Crippen molar-refractivity contribution >= 4 is 11.3 Å². The van der Waals surface area contributed by atoms with Gasteiger partial charge in [0.15, 0.2) is 0 Å². The van der Waals surface area contributed by atoms with Crippen LogP contribution in [0.1, 0.15) is 12.8 Å². The summed E-state index contributed by atoms with van der Waals surface area (Å²) in [5.41, 5.74) is 1.64. The van der Waals surface area contributed by atoms with Crippen molar-refractivity contribution in [2.24, 2.45) is 0 Å². The summed E-state index contributed by atoms with van der Waals surface area (Å²) in [6.07, 6.45) is 1.72. The summed E-state index contributed by atoms with van der Waals surface area (Å²) in [7, 11) is 0. The maximum Gasteiger partial charge on any atom is 0.253 e. The third-order valence-corrected chi connectivity index (χ3v) is 3.43. The molecule has 1 saturated heterocycles. The zero-order valence-electron chi connectivity index (χ0n) is 9.34. The lowest BCUT2D eigenvalue weighted by atomic mass is 10.0. The molecule has 3 rings (SSSR count). The van der Waals surface area contributed by atoms with Crippen LogP contribution in [0.2, 0.25) is 0 Å². The van der Waals surface area contributed by atoms with Gasteiger partial charge in [-0.05, 0) is 6.92 Å². The van der Waals surface area contributed by atoms with Gasteiger partial charge in [0, 0.05) is 19.3 Å². The van der Waals surface area contributed by atoms with E-state index < -0.39 is 0 Å². The van der Waals surface area contributed by atoms with Crippen LogP contribution in [0.15, 0.2) is 16.2 Å². The van der Waals surface area contributed by atoms with E-state index in [-0.39, 0.29) is 5.60 Å². The molecule has 0 unspecified atom stereocenters. The lowest BCUT2D eigenvalue weighted by Crippen LogP contribution is -2.58. The first kappa shape index (κ1) is 10.8. The largest absolute Gasteiger partial charge is 0.363 e. The first-order valence-electron chi connectivity index (χ1n) is 5.31. The molecule has 1 aliphatic rings. The molecule has 0 aromatic carbocycles. The van der Waals surface area contributed by atoms with Crippen molar-refractivity contribution in [2.75, 3.05) is 13.1 Å². The summed E-state index contributed by atoms with van der Waals surface area (Å²) < 4.78 is 10.8. The zero-order chi connectivity index (χ0) is 11.7. The first-order chi connectivity index (χ1) is 8.25. The summed E-state index contributed by atoms with van der Waals surface area (Å²) in [5.74, 6) is 1.07. The average molecular weight is 252 g/mol. The number of hydrogen-bond acceptors (Lipinski definition) is 7. The predicted molar refractivity (Wildman–Crippen MR) is 61.5 cm³/mol. The molecule has 2 aromatic heterocycles. The van der Waals surface area contributed by atoms with Crippen LogP contribution in [0.5, 0.6) is 0 Å². The maximum absolute atomic E-state index is 5.71. The standard InChI is InChI=1S/C10H12N4O2S/c1-10(4-12-5-10)15-3-8-13-9(14-16-8)7-2-11-6-17-7/h2,6,12H,3-5H2,1H3. The van der Waals surface area contributed by atoms with Crippen LogP contribution >= 0.6 is 11.3 Å². The van der Waals surface area contributed by atoms with Crippen LogP contribution in [0.4, 0.5) is 0 Å². The van der Waals surface area contributed by atoms with Gasteiger partial charge in [-0.3, -0.25) is 4.98 Å². The van der Waals surface area contributed by atoms with Crippen LogP contribution < -0.4 is 5.32 Å². The van der Waals surface area contributed by atoms with Gasteiger partial charge in [0.05, 0.1) is 16.0 Å². The Balaban J connectivity index is 1.65. The van der Waals surface area contributed by atoms with Crippen LogP contribution in [-0.2, 0) is 11.3 Å². The number of rotatable bonds is 4. The summed E-state index contributed by atoms with van der Waals surface area (Å²) in [6.45, 7) is 4.14. The van der Waals surface area contributed by atoms with Crippen molar-refractivity contribution < 1.29 is 9.26 Å². The Morgan fingerprint density at radius 1 is 1.59 bits per heavy atom. The fourth-order valence-corrected chi connectivity index (χ4v) is 2.10. The lowest BCUT2D eigenvalue weighted by Gasteiger charge is -2.38. The molecule has 0 saturated carbocycles. The van der Waals surface area contributed by atoms with Gasteiger partial charge in [-0.15, -0.1) is 11.3 Å². The highest BCUT2D eigenvalue weighted by Gasteiger charge is 2.33. The van der Waals surface area contributed by atoms with Gasteiger partial charge in [0.1, 0.15) is 6.61 Å². The molecule has 1 aliphatic heterocycles. The first-order valence-corrected chi connectivity index (χ1v) is 6.19. The third-order valence-electron chi connectivity index (χ3n) is 2.66. The van der Waals surface area contributed by atoms with Crippen molar-refractivity contribution in [3.05, 3.63) is 17.6 Å². The maximum atomic E-state index is 5.71. The van der Waals surface area contributed by atoms with Crippen LogP contribution in [0.3, 0.4) is 0 Å². The highest BCUT2D eigenvalue weighted by atomic mass is 32.1. The number of aromatic nitrogens is 3. The average Bonchev–Trinajstić information content (AvgIpc) is 2.93. The summed E-state index contributed by atoms with van der Waals surface area (Å²) in [5, 5.41) is 7.06. The van der Waals surface area contributed by atoms with Gasteiger partial charge in [-0.2, -0.15) is 4.98 Å². The van der Waals surface area contributed by atoms with E-state index in [0.717, 1.165) is 18.0 Å². The second kappa shape index (κ2) is 4.17. The van der Waals surface area contributed by atoms with E-state index in [1.165, 1.54) is 11.3 Å². The zero-order valence-corrected chi connectivity index (χ0v) is 10.2. The summed E-state index contributed by atoms with van der Waals surface area (Å²) in [4.78, 5) is 9.13. The Kier molecular flexibility index (Phi) is 2.65. The molecule has 0 aliphatic carbocycles. The predicted octanol–water partition coefficient (Wildman–Crippen LogP) is 1.07. The molecule has 90 valence electrons. The van der Waals surface area contributed by atoms with Crippen molar-refractivity contribution in [3.63, 3.8) is 0 Å². The van der Waals surface area contributed by atoms with Crippen LogP contribution in [0.25, 0.3) is 10.7 Å². The Morgan fingerprint density at radius 3 is 3.12 bits per heavy atom. The van der Waals surface area contributed by atoms with Gasteiger partial charge in [0.25, 0.3) is 5.89 Å². The number of nitrogens with zero attached hydrogens (tertiary/aromatic N) is 3. The molecular weight excluding hydrogens is 240 g/mol. The Labute approximate surface area is 102 Å². The molecule has 0 radical (unpaired) electrons. The molecule has 6 nitrogen and oxygen atoms in total. The Morgan fingerprint density at radius 2 is 2.47 bits per heavy atom. The van der Waals surface area contributed by atoms with Gasteiger partial charge in [-0.25, -0.2) is 0 Å². The fourth-order valence-electron chi connectivity index (χ4n) is 1.55. The third kappa shape index (κ3) is 2.21. The van der Waals surface area contributed by atoms with Crippen molar-refractivity contribution in [3.8, 4) is 10.7 Å². The summed E-state index contributed by atoms with van der Waals surface area (Å²) >= 11 is 1.48. The molecule has 2 aromatic rings. The van der Waals surface area contributed by atoms with Crippen molar-refractivity contribution in [2.45, 2.75) is 19.1 Å². The monoisotopic (exact) mass is 252 g/mol. The number of nitrogens with one attached hydrogen (secondary N) is 1. The quantitative estimate of drug-likeness (QED) is 0.877. The molecule has 17 heavy (non-hydrogen) atoms. The molecular formula is C10H12N4O2S. The van der Waals surface area contributed by atoms with Crippen LogP contribution in [0, 0.1) is 0 Å². The van der Waals surface area contributed by atoms with E-state index in [0.29, 0.717) is 18.3 Å². The normalized spacial score (nSPS) is 17.9. The highest BCUT2D eigenvalue weighted by molar-refractivity contribution is 7.13. The molecule has 1 N–H and O–H groups in total. The molecule has 1 fully saturated rings. The number of ether oxygens (including phenoxy) is 1. The second-order valence-corrected chi connectivity index (χ2v) is 5.11. The minimum Gasteiger partial charge on any atom is -0.363 e. The van der Waals surface area contributed by atoms with Gasteiger partial charge < -0.3 is 14.6 Å². The lowest BCUT2D eigenvalue weighted by molar-refractivity contribution is -0.0841. The van der Waals surface area contributed by atoms with Crippen LogP contribution in [-0.4, -0.2) is 33.8 Å². The van der Waals surface area contributed by atoms with E-state index in [4.69, 9.17) is 9.26 Å². The SMILES string of the molecule is CC1(OCc2nc(-c3cncs3)no2)CNC1. The van der Waals surface area contributed by atoms with E-state index in [2.05, 4.69) is 27.4 Å². The van der Waals surface area contributed by atoms with E-state index in [9.17, 15) is 0 Å². The molecule has 3 heterocycles. The summed E-state index contributed by atoms with van der Waals surface area (Å²) in [6, 6.07) is 0. The van der Waals surface area contributed by atoms with Gasteiger partial charge in [0.2, 0.25) is 5.82 Å². The number of thiazole rings is 1. The minimum atomic E-state index is -0.0981. The smallest absolute Gasteiger partial charge is 0.253 e. The van der Waals surface area contributed by atoms with E-state index >= 15 is 0 Å². The minimum absolute atomic E-state index is 0.0981. The molecule has 7 heteroatoms. The molecule has 0 amide bonds. The van der Waals surface area contributed by atoms with Crippen molar-refractivity contribution in [1.82, 2.24) is 20.4 Å². The van der Waals surface area contributed by atoms with E-state index in [1.807, 2.05) is 0 Å². The Hall–Kier alpha value is -1.31. The topological polar surface area (TPSA) is 73.1 Å². The van der Waals surface area contributed by atoms with Crippen molar-refractivity contribution in [1.29, 1.82) is 0 Å². The second-order valence-electron chi connectivity index (χ2n) is 4.22. The Bertz CT molecular complexity index is 492. The van der Waals surface area contributed by atoms with Gasteiger partial charge >= 0.3 is 0 Å².